The van der Waals surface area contributed by atoms with Crippen LogP contribution in [0.25, 0.3) is 0 Å². The lowest BCUT2D eigenvalue weighted by Gasteiger charge is -2.22. The number of rotatable bonds is 6. The smallest absolute Gasteiger partial charge is 0.331 e. The summed E-state index contributed by atoms with van der Waals surface area (Å²) in [6.07, 6.45) is 4.83. The van der Waals surface area contributed by atoms with Crippen LogP contribution in [0.3, 0.4) is 0 Å². The summed E-state index contributed by atoms with van der Waals surface area (Å²) in [7, 11) is -1.73. The second kappa shape index (κ2) is 8.32. The van der Waals surface area contributed by atoms with Gasteiger partial charge in [-0.1, -0.05) is 30.9 Å². The Labute approximate surface area is 136 Å². The molecule has 0 aromatic rings. The van der Waals surface area contributed by atoms with Crippen molar-refractivity contribution in [2.24, 2.45) is 0 Å². The van der Waals surface area contributed by atoms with Crippen LogP contribution in [0.1, 0.15) is 34.6 Å². The summed E-state index contributed by atoms with van der Waals surface area (Å²) in [6.45, 7) is 17.2. The third-order valence-electron chi connectivity index (χ3n) is 3.03. The van der Waals surface area contributed by atoms with E-state index in [9.17, 15) is 9.59 Å². The topological polar surface area (TPSA) is 46.6 Å². The lowest BCUT2D eigenvalue weighted by atomic mass is 10.2. The van der Waals surface area contributed by atoms with Crippen LogP contribution in [0.2, 0.25) is 19.6 Å². The van der Waals surface area contributed by atoms with Crippen LogP contribution in [0, 0.1) is 0 Å². The molecule has 5 heteroatoms. The fourth-order valence-electron chi connectivity index (χ4n) is 1.77. The molecule has 22 heavy (non-hydrogen) atoms. The van der Waals surface area contributed by atoms with Crippen molar-refractivity contribution in [1.29, 1.82) is 0 Å². The van der Waals surface area contributed by atoms with Crippen LogP contribution in [-0.2, 0) is 14.3 Å². The first kappa shape index (κ1) is 20.6. The molecular weight excluding hydrogens is 294 g/mol. The number of amides is 1. The van der Waals surface area contributed by atoms with E-state index in [1.807, 2.05) is 34.6 Å². The lowest BCUT2D eigenvalue weighted by Crippen LogP contribution is -2.31. The molecule has 0 aliphatic heterocycles. The second-order valence-corrected chi connectivity index (χ2v) is 12.3. The predicted molar refractivity (Wildman–Crippen MR) is 94.3 cm³/mol. The van der Waals surface area contributed by atoms with Crippen molar-refractivity contribution in [1.82, 2.24) is 4.90 Å². The molecule has 0 aliphatic carbocycles. The monoisotopic (exact) mass is 325 g/mol. The molecule has 0 radical (unpaired) electrons. The van der Waals surface area contributed by atoms with E-state index in [1.54, 1.807) is 17.1 Å². The Morgan fingerprint density at radius 3 is 1.91 bits per heavy atom. The summed E-state index contributed by atoms with van der Waals surface area (Å²) in [5.74, 6) is -0.386. The van der Waals surface area contributed by atoms with Crippen molar-refractivity contribution < 1.29 is 14.3 Å². The maximum absolute atomic E-state index is 12.3. The highest BCUT2D eigenvalue weighted by atomic mass is 28.3. The first-order valence-electron chi connectivity index (χ1n) is 7.82. The highest BCUT2D eigenvalue weighted by molar-refractivity contribution is 6.84. The van der Waals surface area contributed by atoms with Crippen LogP contribution in [0.5, 0.6) is 0 Å². The first-order valence-corrected chi connectivity index (χ1v) is 11.3. The summed E-state index contributed by atoms with van der Waals surface area (Å²) < 4.78 is 5.26. The minimum absolute atomic E-state index is 0.00346. The van der Waals surface area contributed by atoms with Crippen LogP contribution in [0.4, 0.5) is 0 Å². The molecule has 0 aromatic heterocycles. The Morgan fingerprint density at radius 1 is 1.05 bits per heavy atom. The molecule has 126 valence electrons. The van der Waals surface area contributed by atoms with Gasteiger partial charge in [-0.3, -0.25) is 4.79 Å². The standard InChI is InChI=1S/C17H31NO3Si/c1-9-18(10-2)15(19)13-14(22(6,7)8)11-12-16(20)21-17(3,4)5/h11-13H,9-10H2,1-8H3/b12-11+,14-13-. The maximum Gasteiger partial charge on any atom is 0.331 e. The van der Waals surface area contributed by atoms with E-state index in [0.717, 1.165) is 5.20 Å². The molecule has 0 N–H and O–H groups in total. The number of carbonyl (C=O) groups is 2. The first-order chi connectivity index (χ1) is 9.90. The number of esters is 1. The van der Waals surface area contributed by atoms with Gasteiger partial charge in [-0.2, -0.15) is 0 Å². The van der Waals surface area contributed by atoms with E-state index in [2.05, 4.69) is 19.6 Å². The van der Waals surface area contributed by atoms with E-state index in [-0.39, 0.29) is 11.9 Å². The van der Waals surface area contributed by atoms with Gasteiger partial charge in [0.25, 0.3) is 0 Å². The Hall–Kier alpha value is -1.36. The molecule has 4 nitrogen and oxygen atoms in total. The molecule has 1 amide bonds. The normalized spacial score (nSPS) is 13.4. The van der Waals surface area contributed by atoms with Crippen molar-refractivity contribution in [3.8, 4) is 0 Å². The Kier molecular flexibility index (Phi) is 7.80. The molecule has 0 rings (SSSR count). The number of allylic oxidation sites excluding steroid dienone is 2. The minimum atomic E-state index is -1.73. The average molecular weight is 326 g/mol. The van der Waals surface area contributed by atoms with E-state index < -0.39 is 13.7 Å². The van der Waals surface area contributed by atoms with Crippen LogP contribution in [0.15, 0.2) is 23.4 Å². The van der Waals surface area contributed by atoms with Crippen molar-refractivity contribution in [2.45, 2.75) is 59.9 Å². The number of nitrogens with zero attached hydrogens (tertiary/aromatic N) is 1. The highest BCUT2D eigenvalue weighted by Gasteiger charge is 2.21. The van der Waals surface area contributed by atoms with Gasteiger partial charge in [-0.15, -0.1) is 0 Å². The number of carbonyl (C=O) groups excluding carboxylic acids is 2. The van der Waals surface area contributed by atoms with Crippen molar-refractivity contribution in [2.75, 3.05) is 13.1 Å². The van der Waals surface area contributed by atoms with Crippen molar-refractivity contribution >= 4 is 20.0 Å². The Morgan fingerprint density at radius 2 is 1.55 bits per heavy atom. The molecule has 0 heterocycles. The summed E-state index contributed by atoms with van der Waals surface area (Å²) in [5.41, 5.74) is -0.512. The third kappa shape index (κ3) is 8.17. The Balaban J connectivity index is 5.25. The maximum atomic E-state index is 12.3. The van der Waals surface area contributed by atoms with Gasteiger partial charge in [-0.25, -0.2) is 4.79 Å². The number of likely N-dealkylation sites (N-methyl/N-ethyl adjacent to an activating group) is 1. The zero-order chi connectivity index (χ0) is 17.6. The van der Waals surface area contributed by atoms with Gasteiger partial charge in [0.15, 0.2) is 0 Å². The van der Waals surface area contributed by atoms with Crippen molar-refractivity contribution in [3.05, 3.63) is 23.4 Å². The molecule has 0 aliphatic rings. The van der Waals surface area contributed by atoms with Crippen LogP contribution in [-0.4, -0.2) is 43.5 Å². The number of ether oxygens (including phenoxy) is 1. The molecule has 0 unspecified atom stereocenters. The van der Waals surface area contributed by atoms with Gasteiger partial charge in [0, 0.05) is 25.2 Å². The minimum Gasteiger partial charge on any atom is -0.457 e. The number of hydrogen-bond acceptors (Lipinski definition) is 3. The van der Waals surface area contributed by atoms with E-state index in [1.165, 1.54) is 6.08 Å². The van der Waals surface area contributed by atoms with Crippen LogP contribution < -0.4 is 0 Å². The Bertz CT molecular complexity index is 450. The fraction of sp³-hybridized carbons (Fsp3) is 0.647. The number of hydrogen-bond donors (Lipinski definition) is 0. The largest absolute Gasteiger partial charge is 0.457 e. The third-order valence-corrected chi connectivity index (χ3v) is 5.07. The lowest BCUT2D eigenvalue weighted by molar-refractivity contribution is -0.148. The molecule has 0 atom stereocenters. The predicted octanol–water partition coefficient (Wildman–Crippen LogP) is 3.56. The van der Waals surface area contributed by atoms with Gasteiger partial charge < -0.3 is 9.64 Å². The van der Waals surface area contributed by atoms with Gasteiger partial charge in [0.1, 0.15) is 5.60 Å². The van der Waals surface area contributed by atoms with Gasteiger partial charge in [-0.05, 0) is 34.6 Å². The van der Waals surface area contributed by atoms with Crippen LogP contribution >= 0.6 is 0 Å². The average Bonchev–Trinajstić information content (AvgIpc) is 2.32. The van der Waals surface area contributed by atoms with E-state index >= 15 is 0 Å². The molecule has 0 spiro atoms. The molecule has 0 aromatic carbocycles. The summed E-state index contributed by atoms with van der Waals surface area (Å²) in [6, 6.07) is 0. The molecule has 0 saturated carbocycles. The molecular formula is C17H31NO3Si. The van der Waals surface area contributed by atoms with Gasteiger partial charge in [0.2, 0.25) is 5.91 Å². The van der Waals surface area contributed by atoms with Crippen molar-refractivity contribution in [3.63, 3.8) is 0 Å². The molecule has 0 saturated heterocycles. The second-order valence-electron chi connectivity index (χ2n) is 7.23. The van der Waals surface area contributed by atoms with E-state index in [0.29, 0.717) is 13.1 Å². The highest BCUT2D eigenvalue weighted by Crippen LogP contribution is 2.17. The zero-order valence-corrected chi connectivity index (χ0v) is 16.3. The molecule has 0 bridgehead atoms. The summed E-state index contributed by atoms with van der Waals surface area (Å²) >= 11 is 0. The quantitative estimate of drug-likeness (QED) is 0.325. The fourth-order valence-corrected chi connectivity index (χ4v) is 2.91. The summed E-state index contributed by atoms with van der Waals surface area (Å²) in [4.78, 5) is 25.8. The van der Waals surface area contributed by atoms with Gasteiger partial charge in [0.05, 0.1) is 8.07 Å². The van der Waals surface area contributed by atoms with Gasteiger partial charge >= 0.3 is 5.97 Å². The molecule has 0 fully saturated rings. The van der Waals surface area contributed by atoms with E-state index in [4.69, 9.17) is 4.74 Å². The zero-order valence-electron chi connectivity index (χ0n) is 15.3. The SMILES string of the molecule is CCN(CC)C(=O)/C=C(/C=C/C(=O)OC(C)(C)C)[Si](C)(C)C. The summed E-state index contributed by atoms with van der Waals surface area (Å²) in [5, 5.41) is 0.940.